The van der Waals surface area contributed by atoms with Gasteiger partial charge in [0, 0.05) is 16.5 Å². The first-order valence-corrected chi connectivity index (χ1v) is 7.59. The minimum atomic E-state index is -1.08. The van der Waals surface area contributed by atoms with Gasteiger partial charge in [0.1, 0.15) is 0 Å². The molecular weight excluding hydrogens is 346 g/mol. The molecule has 0 aliphatic heterocycles. The van der Waals surface area contributed by atoms with Crippen molar-refractivity contribution in [3.63, 3.8) is 0 Å². The topological polar surface area (TPSA) is 57.5 Å². The molecule has 0 bridgehead atoms. The maximum atomic E-state index is 11.2. The highest BCUT2D eigenvalue weighted by Gasteiger charge is 2.39. The molecule has 7 heteroatoms. The molecule has 1 aromatic carbocycles. The normalized spacial score (nSPS) is 23.9. The zero-order chi connectivity index (χ0) is 15.0. The van der Waals surface area contributed by atoms with Gasteiger partial charge in [-0.1, -0.05) is 52.8 Å². The van der Waals surface area contributed by atoms with Crippen molar-refractivity contribution < 1.29 is 15.0 Å². The zero-order valence-corrected chi connectivity index (χ0v) is 13.3. The molecule has 1 aromatic rings. The van der Waals surface area contributed by atoms with Crippen molar-refractivity contribution in [1.29, 1.82) is 0 Å². The van der Waals surface area contributed by atoms with Gasteiger partial charge in [-0.25, -0.2) is 0 Å². The van der Waals surface area contributed by atoms with Gasteiger partial charge >= 0.3 is 5.97 Å². The fourth-order valence-corrected chi connectivity index (χ4v) is 3.88. The first-order chi connectivity index (χ1) is 9.34. The van der Waals surface area contributed by atoms with Gasteiger partial charge in [-0.2, -0.15) is 0 Å². The van der Waals surface area contributed by atoms with E-state index in [1.807, 2.05) is 0 Å². The molecule has 20 heavy (non-hydrogen) atoms. The Morgan fingerprint density at radius 2 is 1.80 bits per heavy atom. The molecule has 2 rings (SSSR count). The molecule has 1 fully saturated rings. The van der Waals surface area contributed by atoms with Crippen LogP contribution < -0.4 is 0 Å². The van der Waals surface area contributed by atoms with Crippen LogP contribution >= 0.6 is 46.4 Å². The number of carboxylic acids is 1. The van der Waals surface area contributed by atoms with Crippen molar-refractivity contribution in [1.82, 2.24) is 0 Å². The third-order valence-electron chi connectivity index (χ3n) is 3.74. The summed E-state index contributed by atoms with van der Waals surface area (Å²) in [7, 11) is 0. The van der Waals surface area contributed by atoms with Gasteiger partial charge < -0.3 is 10.2 Å². The number of rotatable bonds is 3. The fourth-order valence-electron chi connectivity index (χ4n) is 2.74. The third kappa shape index (κ3) is 2.88. The summed E-state index contributed by atoms with van der Waals surface area (Å²) in [6, 6.07) is 1.40. The maximum Gasteiger partial charge on any atom is 0.306 e. The van der Waals surface area contributed by atoms with E-state index in [0.717, 1.165) is 6.42 Å². The molecular formula is C13H12Cl4O3. The molecule has 110 valence electrons. The lowest BCUT2D eigenvalue weighted by molar-refractivity contribution is -0.144. The molecule has 3 nitrogen and oxygen atoms in total. The Morgan fingerprint density at radius 3 is 2.40 bits per heavy atom. The van der Waals surface area contributed by atoms with Gasteiger partial charge in [-0.3, -0.25) is 4.79 Å². The largest absolute Gasteiger partial charge is 0.481 e. The molecule has 0 radical (unpaired) electrons. The average molecular weight is 358 g/mol. The third-order valence-corrected chi connectivity index (χ3v) is 5.33. The van der Waals surface area contributed by atoms with Crippen molar-refractivity contribution in [2.45, 2.75) is 25.4 Å². The predicted molar refractivity (Wildman–Crippen MR) is 79.9 cm³/mol. The first kappa shape index (κ1) is 16.2. The molecule has 0 saturated heterocycles. The quantitative estimate of drug-likeness (QED) is 0.601. The Bertz CT molecular complexity index is 547. The van der Waals surface area contributed by atoms with Crippen molar-refractivity contribution in [2.24, 2.45) is 11.8 Å². The highest BCUT2D eigenvalue weighted by molar-refractivity contribution is 6.49. The van der Waals surface area contributed by atoms with Crippen LogP contribution in [0, 0.1) is 11.8 Å². The Kier molecular flexibility index (Phi) is 5.09. The molecule has 1 saturated carbocycles. The number of benzene rings is 1. The number of aliphatic hydroxyl groups is 1. The predicted octanol–water partition coefficient (Wildman–Crippen LogP) is 4.83. The summed E-state index contributed by atoms with van der Waals surface area (Å²) < 4.78 is 0. The van der Waals surface area contributed by atoms with Gasteiger partial charge in [0.05, 0.1) is 27.1 Å². The molecule has 3 unspecified atom stereocenters. The van der Waals surface area contributed by atoms with Crippen LogP contribution in [0.2, 0.25) is 20.1 Å². The Balaban J connectivity index is 2.41. The monoisotopic (exact) mass is 356 g/mol. The smallest absolute Gasteiger partial charge is 0.306 e. The van der Waals surface area contributed by atoms with Crippen LogP contribution in [0.25, 0.3) is 0 Å². The fraction of sp³-hybridized carbons (Fsp3) is 0.462. The SMILES string of the molecule is O=C(O)C1CCCC1C(O)c1c(Cl)cc(Cl)c(Cl)c1Cl. The molecule has 1 aliphatic rings. The van der Waals surface area contributed by atoms with Crippen LogP contribution in [-0.2, 0) is 4.79 Å². The standard InChI is InChI=1S/C13H12Cl4O3/c14-7-4-8(15)10(16)11(17)9(7)12(18)5-2-1-3-6(5)13(19)20/h4-6,12,18H,1-3H2,(H,19,20). The van der Waals surface area contributed by atoms with E-state index < -0.39 is 23.9 Å². The molecule has 0 aromatic heterocycles. The maximum absolute atomic E-state index is 11.2. The van der Waals surface area contributed by atoms with Crippen LogP contribution in [0.4, 0.5) is 0 Å². The van der Waals surface area contributed by atoms with Crippen molar-refractivity contribution in [3.8, 4) is 0 Å². The van der Waals surface area contributed by atoms with Crippen molar-refractivity contribution >= 4 is 52.4 Å². The van der Waals surface area contributed by atoms with E-state index in [9.17, 15) is 15.0 Å². The number of carbonyl (C=O) groups is 1. The number of aliphatic hydroxyl groups excluding tert-OH is 1. The summed E-state index contributed by atoms with van der Waals surface area (Å²) in [5, 5.41) is 20.2. The Hall–Kier alpha value is -0.190. The van der Waals surface area contributed by atoms with Crippen LogP contribution in [0.5, 0.6) is 0 Å². The summed E-state index contributed by atoms with van der Waals surface area (Å²) in [6.07, 6.45) is 0.807. The number of halogens is 4. The highest BCUT2D eigenvalue weighted by atomic mass is 35.5. The minimum absolute atomic E-state index is 0.0766. The van der Waals surface area contributed by atoms with Crippen LogP contribution in [0.15, 0.2) is 6.07 Å². The number of hydrogen-bond donors (Lipinski definition) is 2. The number of aliphatic carboxylic acids is 1. The molecule has 0 spiro atoms. The molecule has 0 heterocycles. The van der Waals surface area contributed by atoms with Gasteiger partial charge in [0.25, 0.3) is 0 Å². The van der Waals surface area contributed by atoms with Crippen LogP contribution in [-0.4, -0.2) is 16.2 Å². The van der Waals surface area contributed by atoms with E-state index in [0.29, 0.717) is 12.8 Å². The lowest BCUT2D eigenvalue weighted by Gasteiger charge is -2.24. The summed E-state index contributed by atoms with van der Waals surface area (Å²) in [6.45, 7) is 0. The number of hydrogen-bond acceptors (Lipinski definition) is 2. The summed E-state index contributed by atoms with van der Waals surface area (Å²) >= 11 is 24.0. The summed E-state index contributed by atoms with van der Waals surface area (Å²) in [5.41, 5.74) is 0.251. The van der Waals surface area contributed by atoms with Crippen LogP contribution in [0.3, 0.4) is 0 Å². The van der Waals surface area contributed by atoms with Crippen molar-refractivity contribution in [3.05, 3.63) is 31.7 Å². The molecule has 2 N–H and O–H groups in total. The summed E-state index contributed by atoms with van der Waals surface area (Å²) in [5.74, 6) is -1.95. The van der Waals surface area contributed by atoms with E-state index in [1.165, 1.54) is 6.07 Å². The van der Waals surface area contributed by atoms with Crippen molar-refractivity contribution in [2.75, 3.05) is 0 Å². The average Bonchev–Trinajstić information content (AvgIpc) is 2.85. The minimum Gasteiger partial charge on any atom is -0.481 e. The van der Waals surface area contributed by atoms with Gasteiger partial charge in [0.2, 0.25) is 0 Å². The molecule has 0 amide bonds. The Labute approximate surface area is 136 Å². The van der Waals surface area contributed by atoms with E-state index in [4.69, 9.17) is 46.4 Å². The van der Waals surface area contributed by atoms with E-state index in [1.54, 1.807) is 0 Å². The van der Waals surface area contributed by atoms with Crippen LogP contribution in [0.1, 0.15) is 30.9 Å². The lowest BCUT2D eigenvalue weighted by Crippen LogP contribution is -2.24. The van der Waals surface area contributed by atoms with E-state index >= 15 is 0 Å². The first-order valence-electron chi connectivity index (χ1n) is 6.08. The second kappa shape index (κ2) is 6.29. The summed E-state index contributed by atoms with van der Waals surface area (Å²) in [4.78, 5) is 11.2. The lowest BCUT2D eigenvalue weighted by atomic mass is 9.87. The zero-order valence-electron chi connectivity index (χ0n) is 10.2. The molecule has 1 aliphatic carbocycles. The molecule has 3 atom stereocenters. The van der Waals surface area contributed by atoms with E-state index in [2.05, 4.69) is 0 Å². The number of carboxylic acid groups (broad SMARTS) is 1. The van der Waals surface area contributed by atoms with Gasteiger partial charge in [-0.05, 0) is 18.9 Å². The van der Waals surface area contributed by atoms with Gasteiger partial charge in [0.15, 0.2) is 0 Å². The Morgan fingerprint density at radius 1 is 1.15 bits per heavy atom. The second-order valence-corrected chi connectivity index (χ2v) is 6.44. The second-order valence-electron chi connectivity index (χ2n) is 4.87. The highest BCUT2D eigenvalue weighted by Crippen LogP contribution is 2.47. The van der Waals surface area contributed by atoms with Gasteiger partial charge in [-0.15, -0.1) is 0 Å². The van der Waals surface area contributed by atoms with E-state index in [-0.39, 0.29) is 25.7 Å².